The number of amides is 2. The van der Waals surface area contributed by atoms with Gasteiger partial charge in [-0.15, -0.1) is 0 Å². The van der Waals surface area contributed by atoms with Crippen LogP contribution in [-0.2, 0) is 14.3 Å². The minimum absolute atomic E-state index is 0.0113. The molecule has 1 aromatic heterocycles. The molecule has 1 aliphatic carbocycles. The topological polar surface area (TPSA) is 87.7 Å². The van der Waals surface area contributed by atoms with Gasteiger partial charge in [0.15, 0.2) is 0 Å². The quantitative estimate of drug-likeness (QED) is 0.835. The van der Waals surface area contributed by atoms with Crippen molar-refractivity contribution in [3.8, 4) is 0 Å². The summed E-state index contributed by atoms with van der Waals surface area (Å²) in [5, 5.41) is 3.12. The lowest BCUT2D eigenvalue weighted by molar-refractivity contribution is -0.137. The SMILES string of the molecule is CC(=O)N1CCC[C@H]1C(=O)NC1CC(c2cc(N3CCOCC3)ncn2)C1. The smallest absolute Gasteiger partial charge is 0.243 e. The average Bonchev–Trinajstić information content (AvgIpc) is 3.15. The van der Waals surface area contributed by atoms with E-state index in [1.54, 1.807) is 11.2 Å². The molecular formula is C19H27N5O3. The molecular weight excluding hydrogens is 346 g/mol. The number of aromatic nitrogens is 2. The van der Waals surface area contributed by atoms with Crippen molar-refractivity contribution in [3.05, 3.63) is 18.1 Å². The van der Waals surface area contributed by atoms with Crippen LogP contribution in [0.1, 0.15) is 44.2 Å². The average molecular weight is 373 g/mol. The fourth-order valence-electron chi connectivity index (χ4n) is 4.24. The Bertz CT molecular complexity index is 700. The van der Waals surface area contributed by atoms with E-state index in [9.17, 15) is 9.59 Å². The third-order valence-corrected chi connectivity index (χ3v) is 5.87. The molecule has 27 heavy (non-hydrogen) atoms. The monoisotopic (exact) mass is 373 g/mol. The van der Waals surface area contributed by atoms with Gasteiger partial charge in [0.2, 0.25) is 11.8 Å². The number of nitrogens with one attached hydrogen (secondary N) is 1. The zero-order valence-electron chi connectivity index (χ0n) is 15.8. The van der Waals surface area contributed by atoms with Crippen LogP contribution in [0.25, 0.3) is 0 Å². The van der Waals surface area contributed by atoms with Crippen LogP contribution in [0.15, 0.2) is 12.4 Å². The van der Waals surface area contributed by atoms with E-state index >= 15 is 0 Å². The molecule has 0 bridgehead atoms. The summed E-state index contributed by atoms with van der Waals surface area (Å²) in [6, 6.07) is 1.94. The Hall–Kier alpha value is -2.22. The molecule has 1 atom stereocenters. The second-order valence-electron chi connectivity index (χ2n) is 7.64. The minimum atomic E-state index is -0.298. The van der Waals surface area contributed by atoms with Crippen LogP contribution in [0.3, 0.4) is 0 Å². The highest BCUT2D eigenvalue weighted by atomic mass is 16.5. The molecule has 8 heteroatoms. The number of nitrogens with zero attached hydrogens (tertiary/aromatic N) is 4. The molecule has 1 aromatic rings. The maximum Gasteiger partial charge on any atom is 0.243 e. The van der Waals surface area contributed by atoms with Gasteiger partial charge < -0.3 is 19.9 Å². The van der Waals surface area contributed by atoms with E-state index in [-0.39, 0.29) is 23.9 Å². The van der Waals surface area contributed by atoms with Gasteiger partial charge in [-0.25, -0.2) is 9.97 Å². The maximum absolute atomic E-state index is 12.5. The summed E-state index contributed by atoms with van der Waals surface area (Å²) < 4.78 is 5.40. The van der Waals surface area contributed by atoms with Crippen molar-refractivity contribution in [2.45, 2.75) is 50.6 Å². The van der Waals surface area contributed by atoms with Crippen molar-refractivity contribution in [2.24, 2.45) is 0 Å². The van der Waals surface area contributed by atoms with Crippen LogP contribution in [0.4, 0.5) is 5.82 Å². The number of hydrogen-bond acceptors (Lipinski definition) is 6. The summed E-state index contributed by atoms with van der Waals surface area (Å²) in [5.41, 5.74) is 1.04. The van der Waals surface area contributed by atoms with Gasteiger partial charge in [0.25, 0.3) is 0 Å². The lowest BCUT2D eigenvalue weighted by atomic mass is 9.78. The van der Waals surface area contributed by atoms with E-state index in [0.717, 1.165) is 63.5 Å². The number of morpholine rings is 1. The van der Waals surface area contributed by atoms with E-state index < -0.39 is 0 Å². The van der Waals surface area contributed by atoms with Crippen molar-refractivity contribution < 1.29 is 14.3 Å². The van der Waals surface area contributed by atoms with E-state index in [1.165, 1.54) is 6.92 Å². The lowest BCUT2D eigenvalue weighted by Crippen LogP contribution is -2.51. The Balaban J connectivity index is 1.30. The molecule has 3 heterocycles. The summed E-state index contributed by atoms with van der Waals surface area (Å²) in [4.78, 5) is 36.9. The highest BCUT2D eigenvalue weighted by molar-refractivity contribution is 5.87. The first kappa shape index (κ1) is 18.2. The van der Waals surface area contributed by atoms with Gasteiger partial charge in [-0.05, 0) is 25.7 Å². The Morgan fingerprint density at radius 3 is 2.70 bits per heavy atom. The van der Waals surface area contributed by atoms with Gasteiger partial charge in [-0.3, -0.25) is 9.59 Å². The second kappa shape index (κ2) is 7.80. The Morgan fingerprint density at radius 2 is 1.96 bits per heavy atom. The van der Waals surface area contributed by atoms with E-state index in [1.807, 2.05) is 0 Å². The number of anilines is 1. The maximum atomic E-state index is 12.5. The fourth-order valence-corrected chi connectivity index (χ4v) is 4.24. The normalized spacial score (nSPS) is 28.0. The van der Waals surface area contributed by atoms with Crippen LogP contribution < -0.4 is 10.2 Å². The van der Waals surface area contributed by atoms with Gasteiger partial charge in [0.05, 0.1) is 13.2 Å². The molecule has 1 N–H and O–H groups in total. The van der Waals surface area contributed by atoms with Gasteiger partial charge in [-0.1, -0.05) is 0 Å². The van der Waals surface area contributed by atoms with Crippen molar-refractivity contribution in [1.29, 1.82) is 0 Å². The van der Waals surface area contributed by atoms with Gasteiger partial charge in [-0.2, -0.15) is 0 Å². The molecule has 2 amide bonds. The standard InChI is InChI=1S/C19H27N5O3/c1-13(25)24-4-2-3-17(24)19(26)22-15-9-14(10-15)16-11-18(21-12-20-16)23-5-7-27-8-6-23/h11-12,14-15,17H,2-10H2,1H3,(H,22,26)/t14?,15?,17-/m0/s1. The van der Waals surface area contributed by atoms with Crippen molar-refractivity contribution in [1.82, 2.24) is 20.2 Å². The molecule has 8 nitrogen and oxygen atoms in total. The molecule has 146 valence electrons. The number of carbonyl (C=O) groups excluding carboxylic acids is 2. The van der Waals surface area contributed by atoms with Crippen molar-refractivity contribution >= 4 is 17.6 Å². The van der Waals surface area contributed by atoms with Crippen molar-refractivity contribution in [2.75, 3.05) is 37.7 Å². The molecule has 2 aliphatic heterocycles. The fraction of sp³-hybridized carbons (Fsp3) is 0.684. The molecule has 3 fully saturated rings. The zero-order chi connectivity index (χ0) is 18.8. The van der Waals surface area contributed by atoms with Crippen LogP contribution >= 0.6 is 0 Å². The zero-order valence-corrected chi connectivity index (χ0v) is 15.8. The molecule has 0 radical (unpaired) electrons. The second-order valence-corrected chi connectivity index (χ2v) is 7.64. The molecule has 2 saturated heterocycles. The summed E-state index contributed by atoms with van der Waals surface area (Å²) in [7, 11) is 0. The number of hydrogen-bond donors (Lipinski definition) is 1. The molecule has 0 unspecified atom stereocenters. The predicted octanol–water partition coefficient (Wildman–Crippen LogP) is 0.686. The van der Waals surface area contributed by atoms with Crippen LogP contribution in [0.2, 0.25) is 0 Å². The molecule has 1 saturated carbocycles. The number of carbonyl (C=O) groups is 2. The minimum Gasteiger partial charge on any atom is -0.378 e. The number of rotatable bonds is 4. The first-order valence-electron chi connectivity index (χ1n) is 9.84. The van der Waals surface area contributed by atoms with Crippen molar-refractivity contribution in [3.63, 3.8) is 0 Å². The van der Waals surface area contributed by atoms with E-state index in [2.05, 4.69) is 26.3 Å². The van der Waals surface area contributed by atoms with Gasteiger partial charge in [0, 0.05) is 50.3 Å². The van der Waals surface area contributed by atoms with E-state index in [4.69, 9.17) is 4.74 Å². The van der Waals surface area contributed by atoms with Crippen LogP contribution in [0.5, 0.6) is 0 Å². The predicted molar refractivity (Wildman–Crippen MR) is 99.4 cm³/mol. The Labute approximate surface area is 159 Å². The summed E-state index contributed by atoms with van der Waals surface area (Å²) in [6.07, 6.45) is 5.07. The third-order valence-electron chi connectivity index (χ3n) is 5.87. The molecule has 0 aromatic carbocycles. The van der Waals surface area contributed by atoms with Crippen LogP contribution in [0, 0.1) is 0 Å². The number of ether oxygens (including phenoxy) is 1. The summed E-state index contributed by atoms with van der Waals surface area (Å²) in [5.74, 6) is 1.28. The molecule has 0 spiro atoms. The molecule has 3 aliphatic rings. The number of likely N-dealkylation sites (tertiary alicyclic amines) is 1. The highest BCUT2D eigenvalue weighted by Crippen LogP contribution is 2.37. The third kappa shape index (κ3) is 3.90. The van der Waals surface area contributed by atoms with E-state index in [0.29, 0.717) is 12.5 Å². The van der Waals surface area contributed by atoms with Gasteiger partial charge >= 0.3 is 0 Å². The van der Waals surface area contributed by atoms with Gasteiger partial charge in [0.1, 0.15) is 18.2 Å². The largest absolute Gasteiger partial charge is 0.378 e. The summed E-state index contributed by atoms with van der Waals surface area (Å²) >= 11 is 0. The Kier molecular flexibility index (Phi) is 5.24. The Morgan fingerprint density at radius 1 is 1.19 bits per heavy atom. The summed E-state index contributed by atoms with van der Waals surface area (Å²) in [6.45, 7) is 5.39. The van der Waals surface area contributed by atoms with Crippen LogP contribution in [-0.4, -0.2) is 71.6 Å². The highest BCUT2D eigenvalue weighted by Gasteiger charge is 2.37. The first-order valence-corrected chi connectivity index (χ1v) is 9.84. The lowest BCUT2D eigenvalue weighted by Gasteiger charge is -2.37. The molecule has 4 rings (SSSR count). The first-order chi connectivity index (χ1) is 13.1.